The van der Waals surface area contributed by atoms with E-state index in [-0.39, 0.29) is 0 Å². The van der Waals surface area contributed by atoms with Gasteiger partial charge in [0, 0.05) is 14.0 Å². The van der Waals surface area contributed by atoms with E-state index in [0.717, 1.165) is 14.0 Å². The minimum atomic E-state index is -4.04. The Morgan fingerprint density at radius 3 is 2.10 bits per heavy atom. The van der Waals surface area contributed by atoms with Crippen LogP contribution in [0.25, 0.3) is 0 Å². The van der Waals surface area contributed by atoms with E-state index in [1.807, 2.05) is 0 Å². The smallest absolute Gasteiger partial charge is 0.274 e. The van der Waals surface area contributed by atoms with Crippen LogP contribution < -0.4 is 5.90 Å². The van der Waals surface area contributed by atoms with Gasteiger partial charge in [-0.1, -0.05) is 0 Å². The lowest BCUT2D eigenvalue weighted by Crippen LogP contribution is -2.34. The highest BCUT2D eigenvalue weighted by Gasteiger charge is 2.19. The van der Waals surface area contributed by atoms with Crippen molar-refractivity contribution in [1.29, 1.82) is 0 Å². The molecule has 0 aliphatic heterocycles. The van der Waals surface area contributed by atoms with Crippen LogP contribution in [0, 0.1) is 0 Å². The van der Waals surface area contributed by atoms with Crippen LogP contribution >= 0.6 is 0 Å². The van der Waals surface area contributed by atoms with Crippen LogP contribution in [0.1, 0.15) is 6.92 Å². The highest BCUT2D eigenvalue weighted by atomic mass is 32.2. The summed E-state index contributed by atoms with van der Waals surface area (Å²) in [7, 11) is -2.99. The monoisotopic (exact) mass is 168 g/mol. The molecule has 0 aromatic carbocycles. The van der Waals surface area contributed by atoms with E-state index < -0.39 is 16.2 Å². The largest absolute Gasteiger partial charge is 0.380 e. The lowest BCUT2D eigenvalue weighted by atomic mass is 10.7. The lowest BCUT2D eigenvalue weighted by molar-refractivity contribution is -0.123. The van der Waals surface area contributed by atoms with Gasteiger partial charge in [-0.2, -0.15) is 18.6 Å². The summed E-state index contributed by atoms with van der Waals surface area (Å²) in [6.07, 6.45) is 0. The second-order valence-corrected chi connectivity index (χ2v) is 3.14. The van der Waals surface area contributed by atoms with Crippen molar-refractivity contribution in [3.05, 3.63) is 0 Å². The number of carbonyl (C=O) groups excluding carboxylic acids is 1. The maximum Gasteiger partial charge on any atom is 0.380 e. The van der Waals surface area contributed by atoms with Crippen LogP contribution in [-0.2, 0) is 19.4 Å². The molecule has 0 rings (SSSR count). The van der Waals surface area contributed by atoms with E-state index in [9.17, 15) is 13.2 Å². The van der Waals surface area contributed by atoms with Crippen molar-refractivity contribution in [2.24, 2.45) is 5.90 Å². The minimum Gasteiger partial charge on any atom is -0.274 e. The van der Waals surface area contributed by atoms with E-state index in [1.165, 1.54) is 0 Å². The van der Waals surface area contributed by atoms with Gasteiger partial charge in [0.2, 0.25) is 5.91 Å². The molecule has 0 fully saturated rings. The van der Waals surface area contributed by atoms with Gasteiger partial charge in [0.05, 0.1) is 0 Å². The fourth-order valence-corrected chi connectivity index (χ4v) is 0.666. The Bertz CT molecular complexity index is 221. The zero-order valence-electron chi connectivity index (χ0n) is 5.57. The Labute approximate surface area is 58.8 Å². The standard InChI is InChI=1S/C3H8N2O4S/c1-3(6)5(2)10(7,8)9-4/h4H2,1-2H3. The normalized spacial score (nSPS) is 11.1. The molecule has 0 aliphatic rings. The summed E-state index contributed by atoms with van der Waals surface area (Å²) in [6, 6.07) is 0. The summed E-state index contributed by atoms with van der Waals surface area (Å²) in [5, 5.41) is 0. The van der Waals surface area contributed by atoms with Crippen LogP contribution in [0.5, 0.6) is 0 Å². The Morgan fingerprint density at radius 1 is 1.60 bits per heavy atom. The first kappa shape index (κ1) is 9.34. The molecular formula is C3H8N2O4S. The molecule has 0 atom stereocenters. The molecule has 0 unspecified atom stereocenters. The van der Waals surface area contributed by atoms with Gasteiger partial charge in [0.1, 0.15) is 0 Å². The molecule has 10 heavy (non-hydrogen) atoms. The molecular weight excluding hydrogens is 160 g/mol. The number of hydrogen-bond donors (Lipinski definition) is 1. The highest BCUT2D eigenvalue weighted by molar-refractivity contribution is 7.84. The molecule has 7 heteroatoms. The van der Waals surface area contributed by atoms with E-state index in [2.05, 4.69) is 10.2 Å². The van der Waals surface area contributed by atoms with E-state index >= 15 is 0 Å². The summed E-state index contributed by atoms with van der Waals surface area (Å²) in [6.45, 7) is 1.08. The maximum atomic E-state index is 10.5. The SMILES string of the molecule is CC(=O)N(C)S(=O)(=O)ON. The molecule has 0 aromatic heterocycles. The maximum absolute atomic E-state index is 10.5. The average molecular weight is 168 g/mol. The number of nitrogens with two attached hydrogens (primary N) is 1. The quantitative estimate of drug-likeness (QED) is 0.512. The number of amides is 1. The molecule has 0 bridgehead atoms. The second kappa shape index (κ2) is 2.95. The van der Waals surface area contributed by atoms with Crippen LogP contribution in [0.15, 0.2) is 0 Å². The van der Waals surface area contributed by atoms with Crippen LogP contribution in [-0.4, -0.2) is 25.7 Å². The fourth-order valence-electron chi connectivity index (χ4n) is 0.222. The van der Waals surface area contributed by atoms with Crippen molar-refractivity contribution in [3.63, 3.8) is 0 Å². The molecule has 0 spiro atoms. The van der Waals surface area contributed by atoms with Crippen molar-refractivity contribution in [2.45, 2.75) is 6.92 Å². The summed E-state index contributed by atoms with van der Waals surface area (Å²) in [5.41, 5.74) is 0. The van der Waals surface area contributed by atoms with Gasteiger partial charge in [-0.05, 0) is 0 Å². The Kier molecular flexibility index (Phi) is 2.76. The predicted molar refractivity (Wildman–Crippen MR) is 32.6 cm³/mol. The zero-order chi connectivity index (χ0) is 8.36. The fraction of sp³-hybridized carbons (Fsp3) is 0.667. The van der Waals surface area contributed by atoms with Gasteiger partial charge in [-0.15, -0.1) is 0 Å². The first-order valence-electron chi connectivity index (χ1n) is 2.29. The van der Waals surface area contributed by atoms with E-state index in [0.29, 0.717) is 4.31 Å². The lowest BCUT2D eigenvalue weighted by Gasteiger charge is -2.10. The number of rotatable bonds is 2. The third-order valence-corrected chi connectivity index (χ3v) is 2.07. The summed E-state index contributed by atoms with van der Waals surface area (Å²) in [4.78, 5) is 10.4. The van der Waals surface area contributed by atoms with Crippen molar-refractivity contribution in [3.8, 4) is 0 Å². The minimum absolute atomic E-state index is 0.396. The predicted octanol–water partition coefficient (Wildman–Crippen LogP) is -1.40. The average Bonchev–Trinajstić information content (AvgIpc) is 1.86. The van der Waals surface area contributed by atoms with Crippen molar-refractivity contribution < 1.29 is 17.5 Å². The third kappa shape index (κ3) is 1.94. The highest BCUT2D eigenvalue weighted by Crippen LogP contribution is 1.95. The number of hydrogen-bond acceptors (Lipinski definition) is 5. The van der Waals surface area contributed by atoms with Gasteiger partial charge >= 0.3 is 10.3 Å². The summed E-state index contributed by atoms with van der Waals surface area (Å²) in [5.74, 6) is 3.70. The second-order valence-electron chi connectivity index (χ2n) is 1.54. The van der Waals surface area contributed by atoms with Crippen LogP contribution in [0.3, 0.4) is 0 Å². The van der Waals surface area contributed by atoms with Crippen LogP contribution in [0.4, 0.5) is 0 Å². The van der Waals surface area contributed by atoms with E-state index in [4.69, 9.17) is 0 Å². The van der Waals surface area contributed by atoms with Gasteiger partial charge in [0.25, 0.3) is 0 Å². The van der Waals surface area contributed by atoms with Gasteiger partial charge in [0.15, 0.2) is 0 Å². The summed E-state index contributed by atoms with van der Waals surface area (Å²) < 4.78 is 24.9. The zero-order valence-corrected chi connectivity index (χ0v) is 6.38. The molecule has 0 aromatic rings. The third-order valence-electron chi connectivity index (χ3n) is 0.900. The van der Waals surface area contributed by atoms with E-state index in [1.54, 1.807) is 0 Å². The van der Waals surface area contributed by atoms with Crippen molar-refractivity contribution in [1.82, 2.24) is 4.31 Å². The van der Waals surface area contributed by atoms with Gasteiger partial charge < -0.3 is 0 Å². The first-order valence-corrected chi connectivity index (χ1v) is 3.66. The first-order chi connectivity index (χ1) is 4.41. The van der Waals surface area contributed by atoms with Gasteiger partial charge in [-0.25, -0.2) is 4.31 Å². The molecule has 1 amide bonds. The molecule has 0 saturated carbocycles. The molecule has 0 saturated heterocycles. The Hall–Kier alpha value is -0.660. The number of carbonyl (C=O) groups is 1. The molecule has 60 valence electrons. The Balaban J connectivity index is 4.51. The number of nitrogens with zero attached hydrogens (tertiary/aromatic N) is 1. The Morgan fingerprint density at radius 2 is 2.00 bits per heavy atom. The van der Waals surface area contributed by atoms with Crippen LogP contribution in [0.2, 0.25) is 0 Å². The molecule has 0 radical (unpaired) electrons. The van der Waals surface area contributed by atoms with Crippen molar-refractivity contribution in [2.75, 3.05) is 7.05 Å². The molecule has 2 N–H and O–H groups in total. The van der Waals surface area contributed by atoms with Crippen molar-refractivity contribution >= 4 is 16.2 Å². The summed E-state index contributed by atoms with van der Waals surface area (Å²) >= 11 is 0. The topological polar surface area (TPSA) is 89.7 Å². The molecule has 6 nitrogen and oxygen atoms in total. The molecule has 0 aliphatic carbocycles. The van der Waals surface area contributed by atoms with Gasteiger partial charge in [-0.3, -0.25) is 4.79 Å². The molecule has 0 heterocycles.